The van der Waals surface area contributed by atoms with Crippen molar-refractivity contribution in [2.75, 3.05) is 11.9 Å². The summed E-state index contributed by atoms with van der Waals surface area (Å²) >= 11 is 0. The van der Waals surface area contributed by atoms with Crippen LogP contribution >= 0.6 is 0 Å². The van der Waals surface area contributed by atoms with E-state index >= 15 is 0 Å². The maximum Gasteiger partial charge on any atom is 0.151 e. The van der Waals surface area contributed by atoms with Crippen molar-refractivity contribution >= 4 is 12.1 Å². The second kappa shape index (κ2) is 7.89. The van der Waals surface area contributed by atoms with E-state index in [2.05, 4.69) is 34.2 Å². The van der Waals surface area contributed by atoms with Gasteiger partial charge < -0.3 is 4.90 Å². The predicted octanol–water partition coefficient (Wildman–Crippen LogP) is 3.33. The van der Waals surface area contributed by atoms with E-state index in [0.717, 1.165) is 24.2 Å². The quantitative estimate of drug-likeness (QED) is 0.545. The van der Waals surface area contributed by atoms with Crippen molar-refractivity contribution in [1.82, 2.24) is 10.2 Å². The summed E-state index contributed by atoms with van der Waals surface area (Å²) in [5, 5.41) is 8.41. The molecule has 25 heavy (non-hydrogen) atoms. The van der Waals surface area contributed by atoms with Crippen molar-refractivity contribution in [2.45, 2.75) is 6.54 Å². The number of carbonyl (C=O) groups excluding carboxylic acids is 1. The van der Waals surface area contributed by atoms with Gasteiger partial charge in [-0.1, -0.05) is 48.4 Å². The number of carbonyl (C=O) groups is 1. The van der Waals surface area contributed by atoms with Gasteiger partial charge in [-0.15, -0.1) is 10.2 Å². The summed E-state index contributed by atoms with van der Waals surface area (Å²) in [4.78, 5) is 12.7. The molecule has 3 rings (SSSR count). The summed E-state index contributed by atoms with van der Waals surface area (Å²) in [5.41, 5.74) is 3.29. The molecule has 0 fully saturated rings. The predicted molar refractivity (Wildman–Crippen MR) is 98.4 cm³/mol. The highest BCUT2D eigenvalue weighted by Crippen LogP contribution is 2.11. The Hall–Kier alpha value is -3.45. The number of aldehydes is 1. The Kier molecular flexibility index (Phi) is 5.18. The first-order valence-corrected chi connectivity index (χ1v) is 7.90. The molecule has 0 unspecified atom stereocenters. The molecule has 0 amide bonds. The van der Waals surface area contributed by atoms with Crippen LogP contribution in [0.2, 0.25) is 0 Å². The van der Waals surface area contributed by atoms with Crippen molar-refractivity contribution in [3.63, 3.8) is 0 Å². The Morgan fingerprint density at radius 2 is 1.68 bits per heavy atom. The second-order valence-corrected chi connectivity index (χ2v) is 5.61. The molecule has 0 radical (unpaired) electrons. The van der Waals surface area contributed by atoms with Gasteiger partial charge in [-0.25, -0.2) is 0 Å². The Morgan fingerprint density at radius 3 is 2.32 bits per heavy atom. The zero-order valence-electron chi connectivity index (χ0n) is 13.9. The van der Waals surface area contributed by atoms with Gasteiger partial charge in [0.2, 0.25) is 0 Å². The number of nitrogens with zero attached hydrogens (tertiary/aromatic N) is 3. The highest BCUT2D eigenvalue weighted by molar-refractivity contribution is 5.74. The van der Waals surface area contributed by atoms with Crippen LogP contribution in [0.4, 0.5) is 5.82 Å². The van der Waals surface area contributed by atoms with Crippen molar-refractivity contribution in [2.24, 2.45) is 0 Å². The summed E-state index contributed by atoms with van der Waals surface area (Å²) in [6.07, 6.45) is 0.813. The highest BCUT2D eigenvalue weighted by atomic mass is 16.1. The third-order valence-corrected chi connectivity index (χ3v) is 3.69. The molecule has 0 bridgehead atoms. The first-order chi connectivity index (χ1) is 12.2. The molecule has 0 aliphatic carbocycles. The normalized spacial score (nSPS) is 9.80. The summed E-state index contributed by atoms with van der Waals surface area (Å²) in [5.74, 6) is 6.80. The molecule has 1 heterocycles. The van der Waals surface area contributed by atoms with Crippen LogP contribution in [0.3, 0.4) is 0 Å². The third-order valence-electron chi connectivity index (χ3n) is 3.69. The van der Waals surface area contributed by atoms with Gasteiger partial charge in [-0.05, 0) is 35.7 Å². The maximum absolute atomic E-state index is 10.6. The number of aromatic nitrogens is 2. The lowest BCUT2D eigenvalue weighted by atomic mass is 10.1. The van der Waals surface area contributed by atoms with Crippen LogP contribution in [-0.4, -0.2) is 23.5 Å². The lowest BCUT2D eigenvalue weighted by Crippen LogP contribution is -2.18. The third kappa shape index (κ3) is 4.52. The Morgan fingerprint density at radius 1 is 0.920 bits per heavy atom. The first-order valence-electron chi connectivity index (χ1n) is 7.90. The average molecular weight is 327 g/mol. The van der Waals surface area contributed by atoms with Crippen LogP contribution < -0.4 is 4.90 Å². The first kappa shape index (κ1) is 16.4. The fourth-order valence-corrected chi connectivity index (χ4v) is 2.31. The molecular weight excluding hydrogens is 310 g/mol. The fraction of sp³-hybridized carbons (Fsp3) is 0.0952. The summed E-state index contributed by atoms with van der Waals surface area (Å²) in [7, 11) is 1.98. The smallest absolute Gasteiger partial charge is 0.151 e. The number of benzene rings is 2. The van der Waals surface area contributed by atoms with Gasteiger partial charge in [-0.3, -0.25) is 4.79 Å². The van der Waals surface area contributed by atoms with Gasteiger partial charge in [0.15, 0.2) is 5.82 Å². The minimum Gasteiger partial charge on any atom is -0.354 e. The molecule has 1 aromatic heterocycles. The average Bonchev–Trinajstić information content (AvgIpc) is 2.68. The van der Waals surface area contributed by atoms with Crippen molar-refractivity contribution in [3.8, 4) is 11.8 Å². The van der Waals surface area contributed by atoms with Gasteiger partial charge in [0.25, 0.3) is 0 Å². The van der Waals surface area contributed by atoms with Crippen LogP contribution in [0.1, 0.15) is 27.2 Å². The number of anilines is 1. The molecule has 4 nitrogen and oxygen atoms in total. The Labute approximate surface area is 147 Å². The largest absolute Gasteiger partial charge is 0.354 e. The fourth-order valence-electron chi connectivity index (χ4n) is 2.31. The standard InChI is InChI=1S/C21H17N3O/c1-24(15-18-5-3-2-4-6-18)21-14-13-20(22-23-21)12-11-17-7-9-19(16-25)10-8-17/h2-10,13-14,16H,15H2,1H3. The van der Waals surface area contributed by atoms with Crippen molar-refractivity contribution < 1.29 is 4.79 Å². The molecule has 0 aliphatic heterocycles. The lowest BCUT2D eigenvalue weighted by Gasteiger charge is -2.17. The summed E-state index contributed by atoms with van der Waals surface area (Å²) in [6, 6.07) is 21.1. The van der Waals surface area contributed by atoms with Crippen LogP contribution in [0.25, 0.3) is 0 Å². The monoisotopic (exact) mass is 327 g/mol. The Balaban J connectivity index is 1.67. The number of rotatable bonds is 4. The van der Waals surface area contributed by atoms with Crippen LogP contribution in [0.5, 0.6) is 0 Å². The zero-order chi connectivity index (χ0) is 17.5. The van der Waals surface area contributed by atoms with Crippen LogP contribution in [-0.2, 0) is 6.54 Å². The molecule has 0 aliphatic rings. The molecule has 4 heteroatoms. The van der Waals surface area contributed by atoms with Gasteiger partial charge in [0.1, 0.15) is 12.0 Å². The van der Waals surface area contributed by atoms with E-state index in [1.807, 2.05) is 54.4 Å². The number of hydrogen-bond donors (Lipinski definition) is 0. The minimum absolute atomic E-state index is 0.608. The molecule has 0 spiro atoms. The van der Waals surface area contributed by atoms with Gasteiger partial charge in [0, 0.05) is 24.7 Å². The highest BCUT2D eigenvalue weighted by Gasteiger charge is 2.04. The lowest BCUT2D eigenvalue weighted by molar-refractivity contribution is 0.112. The van der Waals surface area contributed by atoms with Gasteiger partial charge in [-0.2, -0.15) is 0 Å². The topological polar surface area (TPSA) is 46.1 Å². The van der Waals surface area contributed by atoms with E-state index in [4.69, 9.17) is 0 Å². The summed E-state index contributed by atoms with van der Waals surface area (Å²) in [6.45, 7) is 0.767. The van der Waals surface area contributed by atoms with E-state index in [1.54, 1.807) is 12.1 Å². The molecule has 0 saturated heterocycles. The second-order valence-electron chi connectivity index (χ2n) is 5.61. The molecule has 0 saturated carbocycles. The minimum atomic E-state index is 0.608. The molecule has 0 N–H and O–H groups in total. The van der Waals surface area contributed by atoms with Crippen molar-refractivity contribution in [3.05, 3.63) is 89.1 Å². The van der Waals surface area contributed by atoms with E-state index in [0.29, 0.717) is 11.3 Å². The van der Waals surface area contributed by atoms with E-state index in [1.165, 1.54) is 5.56 Å². The zero-order valence-corrected chi connectivity index (χ0v) is 13.9. The van der Waals surface area contributed by atoms with E-state index in [-0.39, 0.29) is 0 Å². The molecule has 122 valence electrons. The number of hydrogen-bond acceptors (Lipinski definition) is 4. The van der Waals surface area contributed by atoms with Crippen molar-refractivity contribution in [1.29, 1.82) is 0 Å². The summed E-state index contributed by atoms with van der Waals surface area (Å²) < 4.78 is 0. The molecular formula is C21H17N3O. The molecule has 2 aromatic carbocycles. The maximum atomic E-state index is 10.6. The Bertz CT molecular complexity index is 892. The molecule has 0 atom stereocenters. The van der Waals surface area contributed by atoms with E-state index in [9.17, 15) is 4.79 Å². The van der Waals surface area contributed by atoms with Crippen LogP contribution in [0, 0.1) is 11.8 Å². The van der Waals surface area contributed by atoms with Gasteiger partial charge in [0.05, 0.1) is 0 Å². The van der Waals surface area contributed by atoms with Crippen LogP contribution in [0.15, 0.2) is 66.7 Å². The van der Waals surface area contributed by atoms with E-state index < -0.39 is 0 Å². The SMILES string of the molecule is CN(Cc1ccccc1)c1ccc(C#Cc2ccc(C=O)cc2)nn1. The molecule has 3 aromatic rings. The van der Waals surface area contributed by atoms with Gasteiger partial charge >= 0.3 is 0 Å².